The zero-order chi connectivity index (χ0) is 16.0. The number of likely N-dealkylation sites (tertiary alicyclic amines) is 1. The summed E-state index contributed by atoms with van der Waals surface area (Å²) in [5.41, 5.74) is 6.68. The van der Waals surface area contributed by atoms with Crippen LogP contribution in [-0.2, 0) is 16.4 Å². The molecule has 0 spiro atoms. The molecule has 1 saturated heterocycles. The van der Waals surface area contributed by atoms with Gasteiger partial charge in [-0.15, -0.1) is 0 Å². The quantitative estimate of drug-likeness (QED) is 0.689. The molecule has 1 aromatic carbocycles. The molecule has 2 rings (SSSR count). The summed E-state index contributed by atoms with van der Waals surface area (Å²) in [7, 11) is -3.43. The van der Waals surface area contributed by atoms with Crippen LogP contribution in [0, 0.1) is 0 Å². The molecule has 0 unspecified atom stereocenters. The molecule has 0 atom stereocenters. The van der Waals surface area contributed by atoms with E-state index in [1.54, 1.807) is 12.1 Å². The van der Waals surface area contributed by atoms with Crippen LogP contribution in [0.2, 0.25) is 0 Å². The maximum absolute atomic E-state index is 12.4. The van der Waals surface area contributed by atoms with Gasteiger partial charge in [-0.1, -0.05) is 28.1 Å². The Morgan fingerprint density at radius 2 is 1.86 bits per heavy atom. The van der Waals surface area contributed by atoms with Gasteiger partial charge in [-0.25, -0.2) is 13.1 Å². The lowest BCUT2D eigenvalue weighted by Crippen LogP contribution is -2.45. The van der Waals surface area contributed by atoms with Crippen LogP contribution in [0.25, 0.3) is 0 Å². The second kappa shape index (κ2) is 8.40. The minimum atomic E-state index is -3.43. The third-order valence-electron chi connectivity index (χ3n) is 3.97. The average molecular weight is 390 g/mol. The first kappa shape index (κ1) is 17.9. The van der Waals surface area contributed by atoms with Crippen molar-refractivity contribution in [1.29, 1.82) is 0 Å². The number of alkyl halides is 1. The lowest BCUT2D eigenvalue weighted by atomic mass is 10.1. The second-order valence-corrected chi connectivity index (χ2v) is 8.12. The number of halogens is 1. The van der Waals surface area contributed by atoms with Crippen LogP contribution < -0.4 is 10.5 Å². The van der Waals surface area contributed by atoms with Crippen molar-refractivity contribution in [2.45, 2.75) is 30.2 Å². The zero-order valence-electron chi connectivity index (χ0n) is 12.7. The Balaban J connectivity index is 1.93. The van der Waals surface area contributed by atoms with Crippen molar-refractivity contribution >= 4 is 26.0 Å². The van der Waals surface area contributed by atoms with E-state index in [1.807, 2.05) is 12.1 Å². The first-order valence-corrected chi connectivity index (χ1v) is 10.3. The zero-order valence-corrected chi connectivity index (χ0v) is 15.1. The van der Waals surface area contributed by atoms with E-state index >= 15 is 0 Å². The smallest absolute Gasteiger partial charge is 0.240 e. The van der Waals surface area contributed by atoms with Gasteiger partial charge in [0.05, 0.1) is 4.90 Å². The second-order valence-electron chi connectivity index (χ2n) is 5.61. The number of nitrogens with two attached hydrogens (primary N) is 1. The van der Waals surface area contributed by atoms with E-state index in [9.17, 15) is 8.42 Å². The molecule has 0 radical (unpaired) electrons. The largest absolute Gasteiger partial charge is 0.329 e. The van der Waals surface area contributed by atoms with Gasteiger partial charge in [0.25, 0.3) is 0 Å². The molecule has 22 heavy (non-hydrogen) atoms. The third kappa shape index (κ3) is 5.03. The van der Waals surface area contributed by atoms with Crippen molar-refractivity contribution < 1.29 is 8.42 Å². The number of aryl methyl sites for hydroxylation is 1. The molecule has 1 aliphatic rings. The lowest BCUT2D eigenvalue weighted by molar-refractivity contribution is 0.212. The number of sulfonamides is 1. The summed E-state index contributed by atoms with van der Waals surface area (Å²) >= 11 is 3.38. The summed E-state index contributed by atoms with van der Waals surface area (Å²) in [5, 5.41) is 0.874. The Labute approximate surface area is 141 Å². The molecule has 0 aromatic heterocycles. The predicted molar refractivity (Wildman–Crippen MR) is 92.8 cm³/mol. The fraction of sp³-hybridized carbons (Fsp3) is 0.600. The number of hydrogen-bond acceptors (Lipinski definition) is 4. The molecular weight excluding hydrogens is 366 g/mol. The van der Waals surface area contributed by atoms with Gasteiger partial charge in [0.1, 0.15) is 0 Å². The fourth-order valence-electron chi connectivity index (χ4n) is 2.69. The lowest BCUT2D eigenvalue weighted by Gasteiger charge is -2.31. The van der Waals surface area contributed by atoms with Gasteiger partial charge < -0.3 is 10.6 Å². The first-order chi connectivity index (χ1) is 10.5. The molecule has 3 N–H and O–H groups in total. The van der Waals surface area contributed by atoms with E-state index in [1.165, 1.54) is 0 Å². The molecule has 1 fully saturated rings. The highest BCUT2D eigenvalue weighted by atomic mass is 79.9. The summed E-state index contributed by atoms with van der Waals surface area (Å²) in [6.07, 6.45) is 2.56. The molecule has 0 aliphatic carbocycles. The molecule has 0 amide bonds. The van der Waals surface area contributed by atoms with E-state index in [0.29, 0.717) is 11.4 Å². The van der Waals surface area contributed by atoms with Crippen LogP contribution in [0.4, 0.5) is 0 Å². The van der Waals surface area contributed by atoms with Crippen LogP contribution in [0.3, 0.4) is 0 Å². The van der Waals surface area contributed by atoms with Gasteiger partial charge in [0, 0.05) is 24.5 Å². The number of nitrogens with zero attached hydrogens (tertiary/aromatic N) is 1. The number of rotatable bonds is 7. The van der Waals surface area contributed by atoms with Crippen molar-refractivity contribution in [1.82, 2.24) is 9.62 Å². The standard InChI is InChI=1S/C15H24BrN3O2S/c16-8-5-13-1-3-15(4-2-13)22(20,21)18-14-6-10-19(11-7-14)12-9-17/h1-4,14,18H,5-12,17H2. The third-order valence-corrected chi connectivity index (χ3v) is 5.90. The maximum atomic E-state index is 12.4. The molecule has 124 valence electrons. The van der Waals surface area contributed by atoms with Crippen LogP contribution in [0.15, 0.2) is 29.2 Å². The topological polar surface area (TPSA) is 75.4 Å². The molecular formula is C15H24BrN3O2S. The van der Waals surface area contributed by atoms with Gasteiger partial charge >= 0.3 is 0 Å². The van der Waals surface area contributed by atoms with Crippen LogP contribution in [0.1, 0.15) is 18.4 Å². The molecule has 0 bridgehead atoms. The van der Waals surface area contributed by atoms with Crippen molar-refractivity contribution in [2.24, 2.45) is 5.73 Å². The first-order valence-electron chi connectivity index (χ1n) is 7.65. The minimum Gasteiger partial charge on any atom is -0.329 e. The Morgan fingerprint density at radius 3 is 2.41 bits per heavy atom. The van der Waals surface area contributed by atoms with Crippen molar-refractivity contribution in [3.8, 4) is 0 Å². The van der Waals surface area contributed by atoms with Crippen molar-refractivity contribution in [2.75, 3.05) is 31.5 Å². The van der Waals surface area contributed by atoms with Gasteiger partial charge in [-0.05, 0) is 50.0 Å². The molecule has 0 saturated carbocycles. The average Bonchev–Trinajstić information content (AvgIpc) is 2.50. The molecule has 5 nitrogen and oxygen atoms in total. The fourth-order valence-corrected chi connectivity index (χ4v) is 4.45. The van der Waals surface area contributed by atoms with Crippen LogP contribution >= 0.6 is 15.9 Å². The van der Waals surface area contributed by atoms with E-state index in [2.05, 4.69) is 25.6 Å². The summed E-state index contributed by atoms with van der Waals surface area (Å²) in [4.78, 5) is 2.62. The summed E-state index contributed by atoms with van der Waals surface area (Å²) in [6, 6.07) is 7.13. The highest BCUT2D eigenvalue weighted by molar-refractivity contribution is 9.09. The van der Waals surface area contributed by atoms with E-state index < -0.39 is 10.0 Å². The Hall–Kier alpha value is -0.470. The Kier molecular flexibility index (Phi) is 6.83. The number of hydrogen-bond donors (Lipinski definition) is 2. The van der Waals surface area contributed by atoms with Gasteiger partial charge in [0.15, 0.2) is 0 Å². The molecule has 1 heterocycles. The van der Waals surface area contributed by atoms with E-state index in [4.69, 9.17) is 5.73 Å². The molecule has 7 heteroatoms. The number of nitrogens with one attached hydrogen (secondary N) is 1. The van der Waals surface area contributed by atoms with E-state index in [-0.39, 0.29) is 6.04 Å². The van der Waals surface area contributed by atoms with E-state index in [0.717, 1.165) is 49.8 Å². The Morgan fingerprint density at radius 1 is 1.23 bits per heavy atom. The molecule has 1 aromatic rings. The monoisotopic (exact) mass is 389 g/mol. The van der Waals surface area contributed by atoms with Crippen LogP contribution in [0.5, 0.6) is 0 Å². The van der Waals surface area contributed by atoms with Gasteiger partial charge in [0.2, 0.25) is 10.0 Å². The SMILES string of the molecule is NCCN1CCC(NS(=O)(=O)c2ccc(CCBr)cc2)CC1. The number of benzene rings is 1. The van der Waals surface area contributed by atoms with Crippen LogP contribution in [-0.4, -0.2) is 50.9 Å². The normalized spacial score (nSPS) is 17.7. The highest BCUT2D eigenvalue weighted by Gasteiger charge is 2.24. The number of piperidine rings is 1. The summed E-state index contributed by atoms with van der Waals surface area (Å²) < 4.78 is 27.7. The predicted octanol–water partition coefficient (Wildman–Crippen LogP) is 1.33. The molecule has 1 aliphatic heterocycles. The van der Waals surface area contributed by atoms with Crippen molar-refractivity contribution in [3.63, 3.8) is 0 Å². The minimum absolute atomic E-state index is 0.0150. The van der Waals surface area contributed by atoms with Gasteiger partial charge in [-0.2, -0.15) is 0 Å². The van der Waals surface area contributed by atoms with Gasteiger partial charge in [-0.3, -0.25) is 0 Å². The Bertz CT molecular complexity index is 555. The van der Waals surface area contributed by atoms with Crippen molar-refractivity contribution in [3.05, 3.63) is 29.8 Å². The summed E-state index contributed by atoms with van der Waals surface area (Å²) in [5.74, 6) is 0. The summed E-state index contributed by atoms with van der Waals surface area (Å²) in [6.45, 7) is 3.33. The maximum Gasteiger partial charge on any atom is 0.240 e. The highest BCUT2D eigenvalue weighted by Crippen LogP contribution is 2.16.